The molecule has 4 atom stereocenters. The van der Waals surface area contributed by atoms with Crippen LogP contribution in [0, 0.1) is 12.8 Å². The second-order valence-corrected chi connectivity index (χ2v) is 18.2. The molecule has 4 N–H and O–H groups in total. The molecule has 2 saturated heterocycles. The average Bonchev–Trinajstić information content (AvgIpc) is 3.80. The number of amides is 3. The summed E-state index contributed by atoms with van der Waals surface area (Å²) in [6.07, 6.45) is 4.30. The molecule has 0 aromatic heterocycles. The van der Waals surface area contributed by atoms with Crippen LogP contribution >= 0.6 is 11.8 Å². The Morgan fingerprint density at radius 2 is 1.71 bits per heavy atom. The van der Waals surface area contributed by atoms with Crippen LogP contribution in [0.5, 0.6) is 0 Å². The van der Waals surface area contributed by atoms with Crippen molar-refractivity contribution in [2.24, 2.45) is 5.92 Å². The van der Waals surface area contributed by atoms with Gasteiger partial charge in [-0.05, 0) is 109 Å². The molecule has 0 spiro atoms. The van der Waals surface area contributed by atoms with Gasteiger partial charge in [0.15, 0.2) is 0 Å². The Morgan fingerprint density at radius 3 is 2.52 bits per heavy atom. The van der Waals surface area contributed by atoms with Crippen LogP contribution in [-0.4, -0.2) is 78.0 Å². The van der Waals surface area contributed by atoms with Crippen molar-refractivity contribution in [3.05, 3.63) is 107 Å². The summed E-state index contributed by atoms with van der Waals surface area (Å²) in [4.78, 5) is 40.2. The minimum absolute atomic E-state index is 0.0533. The Hall–Kier alpha value is -4.69. The van der Waals surface area contributed by atoms with E-state index in [1.165, 1.54) is 0 Å². The highest BCUT2D eigenvalue weighted by Crippen LogP contribution is 2.49. The van der Waals surface area contributed by atoms with Gasteiger partial charge in [0.1, 0.15) is 6.04 Å². The highest BCUT2D eigenvalue weighted by molar-refractivity contribution is 7.99. The zero-order chi connectivity index (χ0) is 39.0. The Labute approximate surface area is 332 Å². The van der Waals surface area contributed by atoms with E-state index in [9.17, 15) is 27.9 Å². The fourth-order valence-electron chi connectivity index (χ4n) is 8.64. The van der Waals surface area contributed by atoms with Crippen molar-refractivity contribution in [3.8, 4) is 11.1 Å². The molecular weight excluding hydrogens is 747 g/mol. The number of nitrogens with zero attached hydrogens (tertiary/aromatic N) is 2. The largest absolute Gasteiger partial charge is 0.394 e. The number of aryl methyl sites for hydroxylation is 1. The number of sulfonamides is 1. The number of carbonyl (C=O) groups is 3. The first kappa shape index (κ1) is 38.2. The molecule has 0 radical (unpaired) electrons. The van der Waals surface area contributed by atoms with E-state index >= 15 is 0 Å². The number of nitrogens with one attached hydrogen (secondary N) is 3. The van der Waals surface area contributed by atoms with Crippen LogP contribution in [0.25, 0.3) is 11.1 Å². The topological polar surface area (TPSA) is 148 Å². The van der Waals surface area contributed by atoms with Crippen LogP contribution in [-0.2, 0) is 26.2 Å². The van der Waals surface area contributed by atoms with Gasteiger partial charge in [-0.15, -0.1) is 11.8 Å². The number of benzene rings is 4. The number of aliphatic hydroxyl groups excluding tert-OH is 1. The summed E-state index contributed by atoms with van der Waals surface area (Å²) in [5, 5.41) is 19.7. The smallest absolute Gasteiger partial charge is 0.255 e. The van der Waals surface area contributed by atoms with Crippen molar-refractivity contribution >= 4 is 50.9 Å². The standard InChI is InChI=1S/C43H47N5O6S2/c1-27-11-14-31(15-12-27)56(53,54)48-21-19-33-37(26-49)45-36-16-13-29(24-34(36)41(33)48)28-7-5-8-30(23-28)44-20-3-2-4-22-55-39-10-6-9-32-35(39)25-47(43(32)52)38-17-18-40(50)46-42(38)51/h5-16,23-24,33,37-38,41,44-45,49H,2-4,17-22,25-26H2,1H3,(H,46,50,51)/t33-,37+,38?,41-/m1/s1. The normalized spacial score (nSPS) is 22.0. The number of fused-ring (bicyclic) bond motifs is 4. The zero-order valence-electron chi connectivity index (χ0n) is 31.4. The van der Waals surface area contributed by atoms with Crippen molar-refractivity contribution < 1.29 is 27.9 Å². The van der Waals surface area contributed by atoms with Crippen LogP contribution in [0.2, 0.25) is 0 Å². The molecule has 4 aromatic carbocycles. The number of aliphatic hydroxyl groups is 1. The Balaban J connectivity index is 0.869. The first-order valence-electron chi connectivity index (χ1n) is 19.5. The maximum absolute atomic E-state index is 14.0. The van der Waals surface area contributed by atoms with Crippen molar-refractivity contribution in [1.29, 1.82) is 0 Å². The lowest BCUT2D eigenvalue weighted by Crippen LogP contribution is -2.52. The molecule has 8 rings (SSSR count). The monoisotopic (exact) mass is 793 g/mol. The number of unbranched alkanes of at least 4 members (excludes halogenated alkanes) is 2. The van der Waals surface area contributed by atoms with Crippen LogP contribution in [0.15, 0.2) is 94.7 Å². The van der Waals surface area contributed by atoms with Crippen molar-refractivity contribution in [2.45, 2.75) is 79.9 Å². The van der Waals surface area contributed by atoms with Gasteiger partial charge in [0.25, 0.3) is 5.91 Å². The van der Waals surface area contributed by atoms with Gasteiger partial charge in [-0.3, -0.25) is 19.7 Å². The predicted octanol–water partition coefficient (Wildman–Crippen LogP) is 6.34. The lowest BCUT2D eigenvalue weighted by atomic mass is 9.82. The molecule has 4 aliphatic heterocycles. The summed E-state index contributed by atoms with van der Waals surface area (Å²) in [6, 6.07) is 26.0. The Morgan fingerprint density at radius 1 is 0.911 bits per heavy atom. The third kappa shape index (κ3) is 7.45. The van der Waals surface area contributed by atoms with Crippen LogP contribution < -0.4 is 16.0 Å². The number of thioether (sulfide) groups is 1. The van der Waals surface area contributed by atoms with E-state index in [0.717, 1.165) is 75.6 Å². The van der Waals surface area contributed by atoms with Gasteiger partial charge < -0.3 is 20.6 Å². The van der Waals surface area contributed by atoms with E-state index in [0.29, 0.717) is 31.5 Å². The zero-order valence-corrected chi connectivity index (χ0v) is 33.0. The van der Waals surface area contributed by atoms with Crippen molar-refractivity contribution in [3.63, 3.8) is 0 Å². The van der Waals surface area contributed by atoms with Gasteiger partial charge in [-0.25, -0.2) is 8.42 Å². The number of hydrogen-bond donors (Lipinski definition) is 4. The number of imide groups is 1. The quantitative estimate of drug-likeness (QED) is 0.0692. The SMILES string of the molecule is Cc1ccc(S(=O)(=O)N2CC[C@@H]3[C@H](CO)Nc4ccc(-c5cccc(NCCCCCSc6cccc7c6CN(C6CCC(=O)NC6=O)C7=O)c5)cc4[C@@H]32)cc1. The highest BCUT2D eigenvalue weighted by atomic mass is 32.2. The third-order valence-corrected chi connectivity index (χ3v) is 14.7. The summed E-state index contributed by atoms with van der Waals surface area (Å²) in [5.74, 6) is 0.0284. The van der Waals surface area contributed by atoms with E-state index < -0.39 is 22.0 Å². The molecule has 13 heteroatoms. The maximum Gasteiger partial charge on any atom is 0.255 e. The molecule has 56 heavy (non-hydrogen) atoms. The minimum Gasteiger partial charge on any atom is -0.394 e. The lowest BCUT2D eigenvalue weighted by Gasteiger charge is -2.39. The maximum atomic E-state index is 14.0. The number of hydrogen-bond acceptors (Lipinski definition) is 9. The van der Waals surface area contributed by atoms with E-state index in [1.807, 2.05) is 49.4 Å². The molecule has 292 valence electrons. The van der Waals surface area contributed by atoms with Crippen LogP contribution in [0.3, 0.4) is 0 Å². The van der Waals surface area contributed by atoms with E-state index in [-0.39, 0.29) is 47.7 Å². The molecular formula is C43H47N5O6S2. The van der Waals surface area contributed by atoms with Gasteiger partial charge in [0, 0.05) is 53.8 Å². The van der Waals surface area contributed by atoms with Crippen molar-refractivity contribution in [2.75, 3.05) is 36.1 Å². The van der Waals surface area contributed by atoms with Gasteiger partial charge >= 0.3 is 0 Å². The molecule has 4 aliphatic rings. The van der Waals surface area contributed by atoms with Crippen molar-refractivity contribution in [1.82, 2.24) is 14.5 Å². The summed E-state index contributed by atoms with van der Waals surface area (Å²) in [5.41, 5.74) is 7.44. The number of anilines is 2. The highest BCUT2D eigenvalue weighted by Gasteiger charge is 2.48. The number of rotatable bonds is 13. The fraction of sp³-hybridized carbons (Fsp3) is 0.372. The van der Waals surface area contributed by atoms with Crippen LogP contribution in [0.4, 0.5) is 11.4 Å². The summed E-state index contributed by atoms with van der Waals surface area (Å²) >= 11 is 1.74. The Bertz CT molecular complexity index is 2270. The van der Waals surface area contributed by atoms with Gasteiger partial charge in [-0.1, -0.05) is 48.4 Å². The minimum atomic E-state index is -3.75. The lowest BCUT2D eigenvalue weighted by molar-refractivity contribution is -0.136. The van der Waals surface area contributed by atoms with Gasteiger partial charge in [0.05, 0.1) is 23.6 Å². The van der Waals surface area contributed by atoms with Gasteiger partial charge in [-0.2, -0.15) is 4.31 Å². The molecule has 3 amide bonds. The van der Waals surface area contributed by atoms with E-state index in [2.05, 4.69) is 46.3 Å². The summed E-state index contributed by atoms with van der Waals surface area (Å²) < 4.78 is 29.6. The second-order valence-electron chi connectivity index (χ2n) is 15.2. The van der Waals surface area contributed by atoms with Crippen LogP contribution in [0.1, 0.15) is 71.6 Å². The third-order valence-electron chi connectivity index (χ3n) is 11.6. The molecule has 0 bridgehead atoms. The first-order chi connectivity index (χ1) is 27.1. The molecule has 2 fully saturated rings. The Kier molecular flexibility index (Phi) is 10.9. The average molecular weight is 794 g/mol. The molecule has 4 heterocycles. The number of carbonyl (C=O) groups excluding carboxylic acids is 3. The second kappa shape index (κ2) is 16.0. The molecule has 11 nitrogen and oxygen atoms in total. The summed E-state index contributed by atoms with van der Waals surface area (Å²) in [6.45, 7) is 3.46. The molecule has 4 aromatic rings. The summed E-state index contributed by atoms with van der Waals surface area (Å²) in [7, 11) is -3.75. The molecule has 0 saturated carbocycles. The molecule has 0 aliphatic carbocycles. The van der Waals surface area contributed by atoms with E-state index in [4.69, 9.17) is 0 Å². The van der Waals surface area contributed by atoms with E-state index in [1.54, 1.807) is 33.1 Å². The molecule has 1 unspecified atom stereocenters. The predicted molar refractivity (Wildman–Crippen MR) is 218 cm³/mol. The van der Waals surface area contributed by atoms with Gasteiger partial charge in [0.2, 0.25) is 21.8 Å². The fourth-order valence-corrected chi connectivity index (χ4v) is 11.4. The number of piperidine rings is 1. The first-order valence-corrected chi connectivity index (χ1v) is 21.9.